The van der Waals surface area contributed by atoms with E-state index < -0.39 is 0 Å². The Morgan fingerprint density at radius 3 is 2.93 bits per heavy atom. The maximum absolute atomic E-state index is 13.2. The number of fused-ring (bicyclic) bond motifs is 5. The van der Waals surface area contributed by atoms with E-state index in [2.05, 4.69) is 0 Å². The van der Waals surface area contributed by atoms with Crippen molar-refractivity contribution in [3.63, 3.8) is 0 Å². The second-order valence-corrected chi connectivity index (χ2v) is 8.40. The molecule has 4 aliphatic rings. The van der Waals surface area contributed by atoms with Gasteiger partial charge in [-0.15, -0.1) is 0 Å². The van der Waals surface area contributed by atoms with E-state index in [9.17, 15) is 14.7 Å². The first kappa shape index (κ1) is 17.0. The van der Waals surface area contributed by atoms with Crippen LogP contribution in [0.2, 0.25) is 0 Å². The minimum absolute atomic E-state index is 0.0160. The predicted octanol–water partition coefficient (Wildman–Crippen LogP) is 1.46. The maximum Gasteiger partial charge on any atom is 0.253 e. The molecule has 6 heteroatoms. The first-order valence-corrected chi connectivity index (χ1v) is 10.1. The molecule has 4 heterocycles. The molecule has 0 saturated carbocycles. The second kappa shape index (κ2) is 6.51. The van der Waals surface area contributed by atoms with Gasteiger partial charge in [0.2, 0.25) is 5.91 Å². The van der Waals surface area contributed by atoms with Gasteiger partial charge in [-0.3, -0.25) is 9.59 Å². The topological polar surface area (TPSA) is 70.1 Å². The number of carbonyl (C=O) groups excluding carboxylic acids is 2. The van der Waals surface area contributed by atoms with Gasteiger partial charge in [0.15, 0.2) is 0 Å². The molecule has 3 saturated heterocycles. The molecule has 0 aliphatic carbocycles. The van der Waals surface area contributed by atoms with Crippen molar-refractivity contribution in [1.82, 2.24) is 9.80 Å². The van der Waals surface area contributed by atoms with Crippen molar-refractivity contribution in [3.05, 3.63) is 29.3 Å². The fourth-order valence-corrected chi connectivity index (χ4v) is 5.68. The molecule has 0 spiro atoms. The average molecular weight is 370 g/mol. The van der Waals surface area contributed by atoms with E-state index in [0.29, 0.717) is 32.0 Å². The van der Waals surface area contributed by atoms with E-state index in [1.54, 1.807) is 0 Å². The maximum atomic E-state index is 13.2. The lowest BCUT2D eigenvalue weighted by Crippen LogP contribution is -2.66. The molecule has 144 valence electrons. The van der Waals surface area contributed by atoms with Gasteiger partial charge in [-0.1, -0.05) is 0 Å². The minimum Gasteiger partial charge on any atom is -0.493 e. The SMILES string of the molecule is O=C(c1ccc2c(c1)CCO2)N1C[C@H]2C[C@@H](C1)[C@H](CO)N1C(=O)CCC[C@@H]21. The average Bonchev–Trinajstić information content (AvgIpc) is 3.16. The van der Waals surface area contributed by atoms with Gasteiger partial charge in [-0.25, -0.2) is 0 Å². The molecule has 2 amide bonds. The van der Waals surface area contributed by atoms with Gasteiger partial charge < -0.3 is 19.6 Å². The Labute approximate surface area is 159 Å². The van der Waals surface area contributed by atoms with E-state index >= 15 is 0 Å². The van der Waals surface area contributed by atoms with Gasteiger partial charge >= 0.3 is 0 Å². The fourth-order valence-electron chi connectivity index (χ4n) is 5.68. The van der Waals surface area contributed by atoms with E-state index in [0.717, 1.165) is 42.6 Å². The highest BCUT2D eigenvalue weighted by molar-refractivity contribution is 5.94. The molecule has 27 heavy (non-hydrogen) atoms. The third-order valence-corrected chi connectivity index (χ3v) is 6.91. The van der Waals surface area contributed by atoms with Crippen LogP contribution in [-0.2, 0) is 11.2 Å². The van der Waals surface area contributed by atoms with Crippen LogP contribution < -0.4 is 4.74 Å². The lowest BCUT2D eigenvalue weighted by Gasteiger charge is -2.56. The Hall–Kier alpha value is -2.08. The summed E-state index contributed by atoms with van der Waals surface area (Å²) in [6, 6.07) is 5.75. The summed E-state index contributed by atoms with van der Waals surface area (Å²) in [5.41, 5.74) is 1.83. The number of rotatable bonds is 2. The van der Waals surface area contributed by atoms with Gasteiger partial charge in [0.1, 0.15) is 5.75 Å². The van der Waals surface area contributed by atoms with Crippen molar-refractivity contribution in [1.29, 1.82) is 0 Å². The van der Waals surface area contributed by atoms with Crippen LogP contribution in [0.5, 0.6) is 5.75 Å². The van der Waals surface area contributed by atoms with Gasteiger partial charge in [0.25, 0.3) is 5.91 Å². The Balaban J connectivity index is 1.40. The van der Waals surface area contributed by atoms with Crippen molar-refractivity contribution in [2.24, 2.45) is 11.8 Å². The number of hydrogen-bond acceptors (Lipinski definition) is 4. The van der Waals surface area contributed by atoms with Crippen molar-refractivity contribution in [3.8, 4) is 5.75 Å². The highest BCUT2D eigenvalue weighted by Gasteiger charge is 2.49. The van der Waals surface area contributed by atoms with Crippen LogP contribution in [-0.4, -0.2) is 65.1 Å². The molecule has 4 aliphatic heterocycles. The molecule has 0 radical (unpaired) electrons. The molecule has 0 unspecified atom stereocenters. The van der Waals surface area contributed by atoms with Gasteiger partial charge in [0.05, 0.1) is 19.3 Å². The zero-order valence-corrected chi connectivity index (χ0v) is 15.5. The van der Waals surface area contributed by atoms with E-state index in [1.165, 1.54) is 0 Å². The van der Waals surface area contributed by atoms with Crippen LogP contribution in [0.4, 0.5) is 0 Å². The molecule has 1 aromatic carbocycles. The number of carbonyl (C=O) groups is 2. The van der Waals surface area contributed by atoms with E-state index in [1.807, 2.05) is 28.0 Å². The normalized spacial score (nSPS) is 32.0. The summed E-state index contributed by atoms with van der Waals surface area (Å²) in [5, 5.41) is 10.00. The van der Waals surface area contributed by atoms with Gasteiger partial charge in [-0.2, -0.15) is 0 Å². The lowest BCUT2D eigenvalue weighted by molar-refractivity contribution is -0.154. The highest BCUT2D eigenvalue weighted by atomic mass is 16.5. The number of aliphatic hydroxyl groups is 1. The molecule has 0 aromatic heterocycles. The zero-order chi connectivity index (χ0) is 18.5. The van der Waals surface area contributed by atoms with Crippen LogP contribution >= 0.6 is 0 Å². The Morgan fingerprint density at radius 2 is 2.07 bits per heavy atom. The molecular weight excluding hydrogens is 344 g/mol. The lowest BCUT2D eigenvalue weighted by atomic mass is 9.72. The first-order valence-electron chi connectivity index (χ1n) is 10.1. The summed E-state index contributed by atoms with van der Waals surface area (Å²) in [5.74, 6) is 1.61. The Kier molecular flexibility index (Phi) is 4.11. The monoisotopic (exact) mass is 370 g/mol. The first-order chi connectivity index (χ1) is 13.2. The van der Waals surface area contributed by atoms with E-state index in [-0.39, 0.29) is 36.4 Å². The molecule has 1 aromatic rings. The summed E-state index contributed by atoms with van der Waals surface area (Å²) < 4.78 is 5.55. The predicted molar refractivity (Wildman–Crippen MR) is 98.5 cm³/mol. The number of likely N-dealkylation sites (tertiary alicyclic amines) is 1. The number of nitrogens with zero attached hydrogens (tertiary/aromatic N) is 2. The summed E-state index contributed by atoms with van der Waals surface area (Å²) in [6.45, 7) is 1.99. The number of amides is 2. The second-order valence-electron chi connectivity index (χ2n) is 8.40. The Morgan fingerprint density at radius 1 is 1.22 bits per heavy atom. The van der Waals surface area contributed by atoms with Crippen molar-refractivity contribution in [2.75, 3.05) is 26.3 Å². The van der Waals surface area contributed by atoms with Crippen LogP contribution in [0, 0.1) is 11.8 Å². The standard InChI is InChI=1S/C21H26N2O4/c24-12-18-16-9-15(17-2-1-3-20(25)23(17)18)10-22(11-16)21(26)14-4-5-19-13(8-14)6-7-27-19/h4-5,8,15-18,24H,1-3,6-7,9-12H2/t15-,16+,17+,18+/m1/s1. The minimum atomic E-state index is -0.150. The van der Waals surface area contributed by atoms with Crippen LogP contribution in [0.15, 0.2) is 18.2 Å². The van der Waals surface area contributed by atoms with Crippen molar-refractivity contribution in [2.45, 2.75) is 44.2 Å². The zero-order valence-electron chi connectivity index (χ0n) is 15.5. The molecular formula is C21H26N2O4. The van der Waals surface area contributed by atoms with Gasteiger partial charge in [-0.05, 0) is 54.9 Å². The largest absolute Gasteiger partial charge is 0.493 e. The number of aliphatic hydroxyl groups excluding tert-OH is 1. The third-order valence-electron chi connectivity index (χ3n) is 6.91. The van der Waals surface area contributed by atoms with Crippen LogP contribution in [0.25, 0.3) is 0 Å². The third kappa shape index (κ3) is 2.73. The summed E-state index contributed by atoms with van der Waals surface area (Å²) >= 11 is 0. The van der Waals surface area contributed by atoms with Crippen molar-refractivity contribution < 1.29 is 19.4 Å². The Bertz CT molecular complexity index is 765. The van der Waals surface area contributed by atoms with Crippen LogP contribution in [0.1, 0.15) is 41.6 Å². The van der Waals surface area contributed by atoms with E-state index in [4.69, 9.17) is 4.74 Å². The fraction of sp³-hybridized carbons (Fsp3) is 0.619. The van der Waals surface area contributed by atoms with Crippen LogP contribution in [0.3, 0.4) is 0 Å². The van der Waals surface area contributed by atoms with Crippen molar-refractivity contribution >= 4 is 11.8 Å². The summed E-state index contributed by atoms with van der Waals surface area (Å²) in [6.07, 6.45) is 4.34. The quantitative estimate of drug-likeness (QED) is 0.856. The molecule has 5 rings (SSSR count). The van der Waals surface area contributed by atoms with Gasteiger partial charge in [0, 0.05) is 37.5 Å². The molecule has 2 bridgehead atoms. The smallest absolute Gasteiger partial charge is 0.253 e. The molecule has 3 fully saturated rings. The number of ether oxygens (including phenoxy) is 1. The molecule has 6 nitrogen and oxygen atoms in total. The highest BCUT2D eigenvalue weighted by Crippen LogP contribution is 2.41. The molecule has 4 atom stereocenters. The number of benzene rings is 1. The summed E-state index contributed by atoms with van der Waals surface area (Å²) in [4.78, 5) is 29.6. The number of hydrogen-bond donors (Lipinski definition) is 1. The molecule has 1 N–H and O–H groups in total. The summed E-state index contributed by atoms with van der Waals surface area (Å²) in [7, 11) is 0. The number of piperidine rings is 3.